The van der Waals surface area contributed by atoms with Gasteiger partial charge < -0.3 is 57.3 Å². The van der Waals surface area contributed by atoms with Crippen LogP contribution < -0.4 is 31.4 Å². The molecule has 0 bridgehead atoms. The van der Waals surface area contributed by atoms with Gasteiger partial charge in [-0.25, -0.2) is 31.9 Å². The van der Waals surface area contributed by atoms with Crippen molar-refractivity contribution in [3.63, 3.8) is 0 Å². The Hall–Kier alpha value is -11.8. The molecule has 0 spiro atoms. The van der Waals surface area contributed by atoms with Gasteiger partial charge in [-0.3, -0.25) is 28.8 Å². The van der Waals surface area contributed by atoms with Gasteiger partial charge in [0.15, 0.2) is 0 Å². The van der Waals surface area contributed by atoms with E-state index in [1.807, 2.05) is 26.1 Å². The first-order chi connectivity index (χ1) is 56.9. The number of pyridine rings is 3. The van der Waals surface area contributed by atoms with Gasteiger partial charge in [0.1, 0.15) is 40.0 Å². The fraction of sp³-hybridized carbons (Fsp3) is 0.239. The van der Waals surface area contributed by atoms with Gasteiger partial charge in [-0.15, -0.1) is 11.3 Å². The van der Waals surface area contributed by atoms with Crippen molar-refractivity contribution in [3.8, 4) is 0 Å². The summed E-state index contributed by atoms with van der Waals surface area (Å²) in [5.74, 6) is -4.19. The minimum absolute atomic E-state index is 0.0344. The lowest BCUT2D eigenvalue weighted by molar-refractivity contribution is 0.0514. The lowest BCUT2D eigenvalue weighted by Crippen LogP contribution is -2.49. The number of thiophene rings is 1. The van der Waals surface area contributed by atoms with Crippen LogP contribution in [0.15, 0.2) is 208 Å². The van der Waals surface area contributed by atoms with Crippen molar-refractivity contribution in [2.45, 2.75) is 40.4 Å². The van der Waals surface area contributed by atoms with Crippen LogP contribution in [-0.4, -0.2) is 162 Å². The number of anilines is 3. The molecule has 8 aromatic carbocycles. The Morgan fingerprint density at radius 1 is 0.347 bits per heavy atom. The van der Waals surface area contributed by atoms with Crippen LogP contribution >= 0.6 is 57.7 Å². The first kappa shape index (κ1) is 84.1. The molecule has 118 heavy (non-hydrogen) atoms. The minimum Gasteiger partial charge on any atom is -0.462 e. The van der Waals surface area contributed by atoms with Crippen molar-refractivity contribution in [1.82, 2.24) is 28.4 Å². The molecule has 4 aromatic heterocycles. The van der Waals surface area contributed by atoms with Crippen molar-refractivity contribution in [3.05, 3.63) is 317 Å². The van der Waals surface area contributed by atoms with Gasteiger partial charge in [0.25, 0.3) is 34.4 Å². The normalized spacial score (nSPS) is 13.6. The lowest BCUT2D eigenvalue weighted by Gasteiger charge is -2.37. The number of aromatic nitrogens is 3. The second-order valence-electron chi connectivity index (χ2n) is 27.7. The molecule has 0 atom stereocenters. The summed E-state index contributed by atoms with van der Waals surface area (Å²) in [6.07, 6.45) is 0. The molecule has 30 heteroatoms. The van der Waals surface area contributed by atoms with E-state index in [4.69, 9.17) is 60.6 Å². The average Bonchev–Trinajstić information content (AvgIpc) is 1.17. The molecule has 3 aliphatic rings. The molecular weight excluding hydrogens is 1620 g/mol. The van der Waals surface area contributed by atoms with Gasteiger partial charge in [-0.1, -0.05) is 88.9 Å². The molecule has 12 aromatic rings. The van der Waals surface area contributed by atoms with Crippen LogP contribution in [0.25, 0.3) is 32.7 Å². The number of hydrogen-bond donors (Lipinski definition) is 0. The molecule has 0 unspecified atom stereocenters. The fourth-order valence-corrected chi connectivity index (χ4v) is 16.0. The van der Waals surface area contributed by atoms with Crippen molar-refractivity contribution in [1.29, 1.82) is 0 Å². The Bertz CT molecular complexity index is 5720. The number of piperazine rings is 3. The quantitative estimate of drug-likeness (QED) is 0.0443. The monoisotopic (exact) mass is 1700 g/mol. The van der Waals surface area contributed by atoms with E-state index in [1.54, 1.807) is 157 Å². The molecule has 0 N–H and O–H groups in total. The third-order valence-electron chi connectivity index (χ3n) is 20.4. The number of halogens is 8. The molecular formula is C88H77Cl4F4N9O12S. The number of hydrogen-bond acceptors (Lipinski definition) is 16. The highest BCUT2D eigenvalue weighted by atomic mass is 35.5. The highest BCUT2D eigenvalue weighted by Crippen LogP contribution is 2.38. The summed E-state index contributed by atoms with van der Waals surface area (Å²) in [5.41, 5.74) is 4.07. The number of esters is 3. The van der Waals surface area contributed by atoms with Crippen LogP contribution in [0.4, 0.5) is 34.6 Å². The van der Waals surface area contributed by atoms with E-state index in [1.165, 1.54) is 85.7 Å². The molecule has 3 saturated heterocycles. The predicted octanol–water partition coefficient (Wildman–Crippen LogP) is 15.8. The van der Waals surface area contributed by atoms with E-state index in [0.717, 1.165) is 0 Å². The second-order valence-corrected chi connectivity index (χ2v) is 30.4. The van der Waals surface area contributed by atoms with Gasteiger partial charge in [0.05, 0.1) is 77.9 Å². The van der Waals surface area contributed by atoms with Crippen molar-refractivity contribution >= 4 is 143 Å². The van der Waals surface area contributed by atoms with Crippen LogP contribution in [0.2, 0.25) is 20.1 Å². The summed E-state index contributed by atoms with van der Waals surface area (Å²) in [6, 6.07) is 48.6. The van der Waals surface area contributed by atoms with Crippen LogP contribution in [0.1, 0.15) is 98.9 Å². The summed E-state index contributed by atoms with van der Waals surface area (Å²) in [6.45, 7) is 10.2. The van der Waals surface area contributed by atoms with E-state index >= 15 is 0 Å². The average molecular weight is 1700 g/mol. The SMILES string of the molecule is CCOC(=O)c1c(N2CCN(C(=O)c3ccc(Cl)cc3)CC2)c2cc(Cl)ccc2n(Cc2ccc(F)cc2)c1=O.CCOC(=O)c1c(N2CCN(C(=O)c3ccc(F)cc3)CC2)c2cc(Cl)ccc2n(Cc2ccc(F)cc2)c1=O.CCOC(=O)c1c(N2CCN(C(=O)c3cccs3)CC2)c2cc(Cl)ccc2n(Cc2ccc(F)cc2)c1=O. The number of benzene rings is 8. The van der Waals surface area contributed by atoms with Crippen LogP contribution in [0.5, 0.6) is 0 Å². The number of carbonyl (C=O) groups excluding carboxylic acids is 6. The van der Waals surface area contributed by atoms with E-state index in [0.29, 0.717) is 181 Å². The van der Waals surface area contributed by atoms with Crippen molar-refractivity contribution in [2.75, 3.05) is 113 Å². The topological polar surface area (TPSA) is 216 Å². The van der Waals surface area contributed by atoms with Gasteiger partial charge in [-0.2, -0.15) is 0 Å². The maximum Gasteiger partial charge on any atom is 0.345 e. The number of rotatable bonds is 18. The standard InChI is InChI=1S/C30H26Cl2FN3O4.C30H26ClF2N3O4.C28H25ClFN3O4S/c1-2-40-30(39)26-27(34-13-15-35(16-14-34)28(37)20-5-7-21(31)8-6-20)24-17-22(32)9-12-25(24)36(29(26)38)18-19-3-10-23(33)11-4-19;1-2-40-30(39)26-27(34-13-15-35(16-14-34)28(37)20-5-10-23(33)11-6-20)24-17-21(31)7-12-25(24)36(29(26)38)18-19-3-8-22(32)9-4-19;1-2-37-28(36)24-25(31-11-13-32(14-12-31)26(34)23-4-3-15-38-23)21-16-19(29)7-10-22(21)33(27(24)35)17-18-5-8-20(30)9-6-18/h2*3-12,17H,2,13-16,18H2,1H3;3-10,15-16H,2,11-14,17H2,1H3. The largest absolute Gasteiger partial charge is 0.462 e. The third-order valence-corrected chi connectivity index (χ3v) is 22.2. The summed E-state index contributed by atoms with van der Waals surface area (Å²) in [5, 5.41) is 5.53. The minimum atomic E-state index is -0.762. The Morgan fingerprint density at radius 3 is 0.898 bits per heavy atom. The highest BCUT2D eigenvalue weighted by molar-refractivity contribution is 7.12. The molecule has 0 radical (unpaired) electrons. The zero-order valence-electron chi connectivity index (χ0n) is 64.1. The summed E-state index contributed by atoms with van der Waals surface area (Å²) in [7, 11) is 0. The molecule has 7 heterocycles. The summed E-state index contributed by atoms with van der Waals surface area (Å²) < 4.78 is 74.3. The number of amides is 3. The zero-order chi connectivity index (χ0) is 83.6. The second kappa shape index (κ2) is 37.6. The van der Waals surface area contributed by atoms with Crippen molar-refractivity contribution < 1.29 is 60.5 Å². The molecule has 608 valence electrons. The Balaban J connectivity index is 0.000000154. The molecule has 0 saturated carbocycles. The number of fused-ring (bicyclic) bond motifs is 3. The van der Waals surface area contributed by atoms with Gasteiger partial charge in [0, 0.05) is 126 Å². The Kier molecular flexibility index (Phi) is 26.8. The van der Waals surface area contributed by atoms with Gasteiger partial charge in [-0.05, 0) is 188 Å². The first-order valence-corrected chi connectivity index (χ1v) is 40.3. The molecule has 21 nitrogen and oxygen atoms in total. The van der Waals surface area contributed by atoms with Gasteiger partial charge >= 0.3 is 17.9 Å². The predicted molar refractivity (Wildman–Crippen MR) is 451 cm³/mol. The number of ether oxygens (including phenoxy) is 3. The van der Waals surface area contributed by atoms with Gasteiger partial charge in [0.2, 0.25) is 0 Å². The maximum atomic E-state index is 14.0. The number of nitrogens with zero attached hydrogens (tertiary/aromatic N) is 9. The Labute approximate surface area is 698 Å². The Morgan fingerprint density at radius 2 is 0.619 bits per heavy atom. The van der Waals surface area contributed by atoms with E-state index in [-0.39, 0.29) is 85.5 Å². The number of carbonyl (C=O) groups is 6. The molecule has 15 rings (SSSR count). The third kappa shape index (κ3) is 18.8. The van der Waals surface area contributed by atoms with Crippen LogP contribution in [0, 0.1) is 23.3 Å². The summed E-state index contributed by atoms with van der Waals surface area (Å²) >= 11 is 26.6. The molecule has 3 fully saturated rings. The summed E-state index contributed by atoms with van der Waals surface area (Å²) in [4.78, 5) is 132. The highest BCUT2D eigenvalue weighted by Gasteiger charge is 2.35. The fourth-order valence-electron chi connectivity index (χ4n) is 14.7. The first-order valence-electron chi connectivity index (χ1n) is 37.9. The lowest BCUT2D eigenvalue weighted by atomic mass is 10.0. The van der Waals surface area contributed by atoms with Crippen LogP contribution in [0.3, 0.4) is 0 Å². The van der Waals surface area contributed by atoms with E-state index < -0.39 is 46.2 Å². The van der Waals surface area contributed by atoms with Crippen molar-refractivity contribution in [2.24, 2.45) is 0 Å². The maximum absolute atomic E-state index is 14.0. The van der Waals surface area contributed by atoms with E-state index in [9.17, 15) is 60.7 Å². The molecule has 0 aliphatic carbocycles. The van der Waals surface area contributed by atoms with Crippen LogP contribution in [-0.2, 0) is 33.8 Å². The zero-order valence-corrected chi connectivity index (χ0v) is 67.9. The molecule has 3 aliphatic heterocycles. The van der Waals surface area contributed by atoms with E-state index in [2.05, 4.69) is 0 Å². The molecule has 3 amide bonds. The smallest absolute Gasteiger partial charge is 0.345 e.